The lowest BCUT2D eigenvalue weighted by Gasteiger charge is -2.03. The fourth-order valence-electron chi connectivity index (χ4n) is 0.848. The van der Waals surface area contributed by atoms with Crippen LogP contribution in [0.5, 0.6) is 0 Å². The number of aliphatic hydroxyl groups is 1. The van der Waals surface area contributed by atoms with E-state index in [1.54, 1.807) is 18.3 Å². The molecule has 0 bridgehead atoms. The molecular weight excluding hydrogens is 206 g/mol. The van der Waals surface area contributed by atoms with E-state index in [9.17, 15) is 5.11 Å². The largest absolute Gasteiger partial charge is 0.393 e. The standard InChI is InChI=1S/C8H10BrNO/c1-6(11)4-7-2-3-10-8(9)5-7/h2-3,5-6,11H,4H2,1H3/i6D. The highest BCUT2D eigenvalue weighted by Crippen LogP contribution is 2.09. The molecular formula is C8H10BrNO. The summed E-state index contributed by atoms with van der Waals surface area (Å²) in [5.74, 6) is 0. The van der Waals surface area contributed by atoms with E-state index >= 15 is 0 Å². The Hall–Kier alpha value is -0.410. The summed E-state index contributed by atoms with van der Waals surface area (Å²) in [6.45, 7) is 1.46. The summed E-state index contributed by atoms with van der Waals surface area (Å²) >= 11 is 3.22. The lowest BCUT2D eigenvalue weighted by molar-refractivity contribution is 0.195. The Morgan fingerprint density at radius 2 is 2.64 bits per heavy atom. The summed E-state index contributed by atoms with van der Waals surface area (Å²) in [5.41, 5.74) is 0.900. The highest BCUT2D eigenvalue weighted by molar-refractivity contribution is 9.10. The number of halogens is 1. The topological polar surface area (TPSA) is 33.1 Å². The molecule has 1 heterocycles. The summed E-state index contributed by atoms with van der Waals surface area (Å²) in [7, 11) is 0. The average Bonchev–Trinajstić information content (AvgIpc) is 1.82. The molecule has 0 radical (unpaired) electrons. The molecule has 0 aliphatic carbocycles. The van der Waals surface area contributed by atoms with Crippen molar-refractivity contribution < 1.29 is 6.48 Å². The molecule has 11 heavy (non-hydrogen) atoms. The molecule has 0 aromatic carbocycles. The van der Waals surface area contributed by atoms with Crippen molar-refractivity contribution in [1.29, 1.82) is 0 Å². The molecule has 1 N–H and O–H groups in total. The van der Waals surface area contributed by atoms with Crippen molar-refractivity contribution in [1.82, 2.24) is 4.98 Å². The molecule has 0 amide bonds. The van der Waals surface area contributed by atoms with Gasteiger partial charge in [-0.3, -0.25) is 0 Å². The zero-order valence-corrected chi connectivity index (χ0v) is 7.80. The fourth-order valence-corrected chi connectivity index (χ4v) is 1.26. The quantitative estimate of drug-likeness (QED) is 0.765. The van der Waals surface area contributed by atoms with Gasteiger partial charge in [0.05, 0.1) is 7.45 Å². The Kier molecular flexibility index (Phi) is 2.53. The second kappa shape index (κ2) is 3.83. The van der Waals surface area contributed by atoms with Gasteiger partial charge in [0, 0.05) is 6.20 Å². The van der Waals surface area contributed by atoms with Crippen molar-refractivity contribution in [2.45, 2.75) is 19.4 Å². The van der Waals surface area contributed by atoms with Gasteiger partial charge >= 0.3 is 0 Å². The Morgan fingerprint density at radius 3 is 3.18 bits per heavy atom. The van der Waals surface area contributed by atoms with Crippen LogP contribution in [0.15, 0.2) is 22.9 Å². The molecule has 3 heteroatoms. The molecule has 0 spiro atoms. The first-order valence-electron chi connectivity index (χ1n) is 3.80. The number of nitrogens with zero attached hydrogens (tertiary/aromatic N) is 1. The molecule has 1 aromatic rings. The second-order valence-electron chi connectivity index (χ2n) is 2.40. The van der Waals surface area contributed by atoms with Crippen LogP contribution in [0.25, 0.3) is 0 Å². The highest BCUT2D eigenvalue weighted by Gasteiger charge is 1.98. The molecule has 0 aliphatic rings. The van der Waals surface area contributed by atoms with Gasteiger partial charge in [-0.2, -0.15) is 0 Å². The van der Waals surface area contributed by atoms with Crippen LogP contribution in [0.1, 0.15) is 13.9 Å². The van der Waals surface area contributed by atoms with E-state index in [1.807, 2.05) is 0 Å². The van der Waals surface area contributed by atoms with Crippen molar-refractivity contribution in [3.63, 3.8) is 0 Å². The molecule has 60 valence electrons. The van der Waals surface area contributed by atoms with Gasteiger partial charge < -0.3 is 5.11 Å². The third-order valence-corrected chi connectivity index (χ3v) is 1.68. The number of pyridine rings is 1. The van der Waals surface area contributed by atoms with Crippen LogP contribution in [-0.2, 0) is 6.42 Å². The van der Waals surface area contributed by atoms with Crippen LogP contribution in [0.4, 0.5) is 0 Å². The molecule has 0 saturated carbocycles. The first-order chi connectivity index (χ1) is 5.47. The summed E-state index contributed by atoms with van der Waals surface area (Å²) in [6, 6.07) is 3.58. The molecule has 0 saturated heterocycles. The monoisotopic (exact) mass is 216 g/mol. The van der Waals surface area contributed by atoms with Crippen molar-refractivity contribution in [2.24, 2.45) is 0 Å². The van der Waals surface area contributed by atoms with Crippen LogP contribution in [0.3, 0.4) is 0 Å². The summed E-state index contributed by atoms with van der Waals surface area (Å²) in [5, 5.41) is 9.19. The lowest BCUT2D eigenvalue weighted by atomic mass is 10.1. The maximum atomic E-state index is 9.19. The van der Waals surface area contributed by atoms with E-state index < -0.39 is 6.08 Å². The maximum absolute atomic E-state index is 9.19. The van der Waals surface area contributed by atoms with E-state index in [1.165, 1.54) is 6.92 Å². The van der Waals surface area contributed by atoms with Crippen molar-refractivity contribution in [2.75, 3.05) is 0 Å². The number of aromatic nitrogens is 1. The molecule has 0 aliphatic heterocycles. The Labute approximate surface area is 75.8 Å². The van der Waals surface area contributed by atoms with Crippen LogP contribution in [0, 0.1) is 0 Å². The van der Waals surface area contributed by atoms with Crippen LogP contribution < -0.4 is 0 Å². The van der Waals surface area contributed by atoms with Gasteiger partial charge in [-0.1, -0.05) is 0 Å². The fraction of sp³-hybridized carbons (Fsp3) is 0.375. The summed E-state index contributed by atoms with van der Waals surface area (Å²) in [4.78, 5) is 3.94. The average molecular weight is 217 g/mol. The van der Waals surface area contributed by atoms with Gasteiger partial charge in [-0.05, 0) is 47.0 Å². The van der Waals surface area contributed by atoms with Crippen LogP contribution in [0.2, 0.25) is 0 Å². The van der Waals surface area contributed by atoms with E-state index in [4.69, 9.17) is 1.37 Å². The van der Waals surface area contributed by atoms with E-state index in [0.29, 0.717) is 6.42 Å². The predicted molar refractivity (Wildman–Crippen MR) is 47.3 cm³/mol. The van der Waals surface area contributed by atoms with Gasteiger partial charge in [0.15, 0.2) is 0 Å². The maximum Gasteiger partial charge on any atom is 0.106 e. The van der Waals surface area contributed by atoms with Crippen molar-refractivity contribution in [3.05, 3.63) is 28.5 Å². The summed E-state index contributed by atoms with van der Waals surface area (Å²) in [6.07, 6.45) is 0.556. The molecule has 1 rings (SSSR count). The zero-order chi connectivity index (χ0) is 9.19. The van der Waals surface area contributed by atoms with Gasteiger partial charge in [0.2, 0.25) is 0 Å². The predicted octanol–water partition coefficient (Wildman–Crippen LogP) is 1.77. The molecule has 1 atom stereocenters. The molecule has 1 unspecified atom stereocenters. The number of hydrogen-bond donors (Lipinski definition) is 1. The minimum absolute atomic E-state index is 0.314. The van der Waals surface area contributed by atoms with E-state index in [-0.39, 0.29) is 0 Å². The lowest BCUT2D eigenvalue weighted by Crippen LogP contribution is -2.03. The third-order valence-electron chi connectivity index (χ3n) is 1.25. The minimum atomic E-state index is -1.40. The Balaban J connectivity index is 2.77. The van der Waals surface area contributed by atoms with Gasteiger partial charge in [0.25, 0.3) is 0 Å². The second-order valence-corrected chi connectivity index (χ2v) is 3.21. The van der Waals surface area contributed by atoms with Gasteiger partial charge in [-0.15, -0.1) is 0 Å². The Morgan fingerprint density at radius 1 is 1.91 bits per heavy atom. The first kappa shape index (κ1) is 7.25. The van der Waals surface area contributed by atoms with E-state index in [2.05, 4.69) is 20.9 Å². The Bertz CT molecular complexity index is 272. The van der Waals surface area contributed by atoms with Gasteiger partial charge in [0.1, 0.15) is 4.60 Å². The minimum Gasteiger partial charge on any atom is -0.393 e. The van der Waals surface area contributed by atoms with E-state index in [0.717, 1.165) is 10.2 Å². The number of rotatable bonds is 2. The van der Waals surface area contributed by atoms with Crippen molar-refractivity contribution >= 4 is 15.9 Å². The molecule has 0 fully saturated rings. The van der Waals surface area contributed by atoms with Crippen LogP contribution >= 0.6 is 15.9 Å². The zero-order valence-electron chi connectivity index (χ0n) is 7.21. The SMILES string of the molecule is [2H]C(C)(O)Cc1ccnc(Br)c1. The first-order valence-corrected chi connectivity index (χ1v) is 4.09. The smallest absolute Gasteiger partial charge is 0.106 e. The normalized spacial score (nSPS) is 17.2. The van der Waals surface area contributed by atoms with Gasteiger partial charge in [-0.25, -0.2) is 4.98 Å². The third kappa shape index (κ3) is 2.99. The summed E-state index contributed by atoms with van der Waals surface area (Å²) < 4.78 is 7.99. The number of hydrogen-bond acceptors (Lipinski definition) is 2. The molecule has 1 aromatic heterocycles. The van der Waals surface area contributed by atoms with Crippen molar-refractivity contribution in [3.8, 4) is 0 Å². The highest BCUT2D eigenvalue weighted by atomic mass is 79.9. The van der Waals surface area contributed by atoms with Crippen LogP contribution in [-0.4, -0.2) is 16.2 Å². The molecule has 2 nitrogen and oxygen atoms in total.